The summed E-state index contributed by atoms with van der Waals surface area (Å²) in [5, 5.41) is 4.20. The summed E-state index contributed by atoms with van der Waals surface area (Å²) in [6.07, 6.45) is 0.680. The number of aryl methyl sites for hydroxylation is 2. The number of nitrogens with zero attached hydrogens (tertiary/aromatic N) is 2. The summed E-state index contributed by atoms with van der Waals surface area (Å²) in [5.41, 5.74) is 8.24. The van der Waals surface area contributed by atoms with Crippen molar-refractivity contribution >= 4 is 27.6 Å². The lowest BCUT2D eigenvalue weighted by Gasteiger charge is -2.06. The van der Waals surface area contributed by atoms with E-state index in [9.17, 15) is 4.79 Å². The molecule has 6 heteroatoms. The van der Waals surface area contributed by atoms with E-state index in [4.69, 9.17) is 10.5 Å². The molecular weight excluding hydrogens is 322 g/mol. The van der Waals surface area contributed by atoms with Gasteiger partial charge in [0.05, 0.1) is 11.4 Å². The van der Waals surface area contributed by atoms with Crippen molar-refractivity contribution in [3.8, 4) is 0 Å². The molecule has 2 aromatic rings. The van der Waals surface area contributed by atoms with E-state index in [0.717, 1.165) is 10.0 Å². The summed E-state index contributed by atoms with van der Waals surface area (Å²) in [5.74, 6) is -0.458. The molecule has 0 bridgehead atoms. The third-order valence-corrected chi connectivity index (χ3v) is 3.50. The molecule has 0 aliphatic carbocycles. The van der Waals surface area contributed by atoms with Gasteiger partial charge in [0.2, 0.25) is 0 Å². The molecule has 5 nitrogen and oxygen atoms in total. The van der Waals surface area contributed by atoms with Crippen molar-refractivity contribution in [1.29, 1.82) is 0 Å². The van der Waals surface area contributed by atoms with Crippen molar-refractivity contribution in [1.82, 2.24) is 9.78 Å². The predicted molar refractivity (Wildman–Crippen MR) is 80.3 cm³/mol. The lowest BCUT2D eigenvalue weighted by atomic mass is 10.2. The SMILES string of the molecule is CCc1nn(C)c(C(=O)OCc2ccc(Br)cc2)c1N. The van der Waals surface area contributed by atoms with Gasteiger partial charge in [-0.15, -0.1) is 0 Å². The highest BCUT2D eigenvalue weighted by atomic mass is 79.9. The highest BCUT2D eigenvalue weighted by molar-refractivity contribution is 9.10. The molecule has 0 spiro atoms. The number of nitrogen functional groups attached to an aromatic ring is 1. The molecule has 0 saturated carbocycles. The molecule has 0 amide bonds. The van der Waals surface area contributed by atoms with E-state index < -0.39 is 5.97 Å². The number of benzene rings is 1. The van der Waals surface area contributed by atoms with Crippen molar-refractivity contribution in [2.75, 3.05) is 5.73 Å². The minimum atomic E-state index is -0.458. The minimum Gasteiger partial charge on any atom is -0.456 e. The number of nitrogens with two attached hydrogens (primary N) is 1. The smallest absolute Gasteiger partial charge is 0.359 e. The minimum absolute atomic E-state index is 0.207. The standard InChI is InChI=1S/C14H16BrN3O2/c1-3-11-12(16)13(18(2)17-11)14(19)20-8-9-4-6-10(15)7-5-9/h4-7H,3,8,16H2,1-2H3. The first kappa shape index (κ1) is 14.6. The predicted octanol–water partition coefficient (Wildman–Crippen LogP) is 2.68. The van der Waals surface area contributed by atoms with Crippen LogP contribution < -0.4 is 5.73 Å². The number of hydrogen-bond donors (Lipinski definition) is 1. The molecule has 20 heavy (non-hydrogen) atoms. The van der Waals surface area contributed by atoms with Gasteiger partial charge in [0.1, 0.15) is 6.61 Å². The van der Waals surface area contributed by atoms with Crippen molar-refractivity contribution < 1.29 is 9.53 Å². The number of rotatable bonds is 4. The summed E-state index contributed by atoms with van der Waals surface area (Å²) < 4.78 is 7.73. The van der Waals surface area contributed by atoms with Crippen LogP contribution in [0.1, 0.15) is 28.7 Å². The number of carbonyl (C=O) groups is 1. The molecule has 2 N–H and O–H groups in total. The largest absolute Gasteiger partial charge is 0.456 e. The third kappa shape index (κ3) is 3.01. The van der Waals surface area contributed by atoms with Crippen LogP contribution in [-0.4, -0.2) is 15.7 Å². The van der Waals surface area contributed by atoms with E-state index in [0.29, 0.717) is 23.5 Å². The second-order valence-electron chi connectivity index (χ2n) is 4.39. The van der Waals surface area contributed by atoms with E-state index >= 15 is 0 Å². The van der Waals surface area contributed by atoms with Crippen LogP contribution in [0.25, 0.3) is 0 Å². The van der Waals surface area contributed by atoms with E-state index in [1.165, 1.54) is 4.68 Å². The van der Waals surface area contributed by atoms with Gasteiger partial charge in [0.25, 0.3) is 0 Å². The van der Waals surface area contributed by atoms with Crippen molar-refractivity contribution in [2.45, 2.75) is 20.0 Å². The Labute approximate surface area is 125 Å². The van der Waals surface area contributed by atoms with Gasteiger partial charge >= 0.3 is 5.97 Å². The van der Waals surface area contributed by atoms with Crippen LogP contribution >= 0.6 is 15.9 Å². The number of anilines is 1. The average molecular weight is 338 g/mol. The van der Waals surface area contributed by atoms with Crippen molar-refractivity contribution in [2.24, 2.45) is 7.05 Å². The molecule has 2 rings (SSSR count). The highest BCUT2D eigenvalue weighted by Gasteiger charge is 2.20. The maximum Gasteiger partial charge on any atom is 0.359 e. The zero-order valence-electron chi connectivity index (χ0n) is 11.4. The maximum atomic E-state index is 12.1. The first-order chi connectivity index (χ1) is 9.52. The van der Waals surface area contributed by atoms with Gasteiger partial charge in [0.15, 0.2) is 5.69 Å². The summed E-state index contributed by atoms with van der Waals surface area (Å²) >= 11 is 3.36. The van der Waals surface area contributed by atoms with Gasteiger partial charge in [0, 0.05) is 11.5 Å². The Bertz CT molecular complexity index is 620. The number of ether oxygens (including phenoxy) is 1. The van der Waals surface area contributed by atoms with Gasteiger partial charge in [-0.2, -0.15) is 5.10 Å². The number of aromatic nitrogens is 2. The molecule has 0 saturated heterocycles. The molecular formula is C14H16BrN3O2. The second kappa shape index (κ2) is 6.09. The Morgan fingerprint density at radius 1 is 1.40 bits per heavy atom. The Kier molecular flexibility index (Phi) is 4.44. The van der Waals surface area contributed by atoms with Gasteiger partial charge in [-0.25, -0.2) is 4.79 Å². The van der Waals surface area contributed by atoms with Crippen molar-refractivity contribution in [3.63, 3.8) is 0 Å². The van der Waals surface area contributed by atoms with Crippen LogP contribution in [-0.2, 0) is 24.8 Å². The Morgan fingerprint density at radius 3 is 2.60 bits per heavy atom. The monoisotopic (exact) mass is 337 g/mol. The molecule has 0 aliphatic rings. The Morgan fingerprint density at radius 2 is 2.05 bits per heavy atom. The van der Waals surface area contributed by atoms with Crippen LogP contribution in [0.15, 0.2) is 28.7 Å². The zero-order chi connectivity index (χ0) is 14.7. The summed E-state index contributed by atoms with van der Waals surface area (Å²) in [6.45, 7) is 2.15. The lowest BCUT2D eigenvalue weighted by molar-refractivity contribution is 0.0461. The first-order valence-corrected chi connectivity index (χ1v) is 7.05. The molecule has 0 aliphatic heterocycles. The maximum absolute atomic E-state index is 12.1. The van der Waals surface area contributed by atoms with Gasteiger partial charge < -0.3 is 10.5 Å². The molecule has 1 aromatic heterocycles. The number of esters is 1. The van der Waals surface area contributed by atoms with E-state index in [1.807, 2.05) is 31.2 Å². The fraction of sp³-hybridized carbons (Fsp3) is 0.286. The molecule has 1 aromatic carbocycles. The Balaban J connectivity index is 2.09. The number of carbonyl (C=O) groups excluding carboxylic acids is 1. The van der Waals surface area contributed by atoms with Crippen LogP contribution in [0.4, 0.5) is 5.69 Å². The summed E-state index contributed by atoms with van der Waals surface area (Å²) in [7, 11) is 1.69. The quantitative estimate of drug-likeness (QED) is 0.870. The van der Waals surface area contributed by atoms with Gasteiger partial charge in [-0.05, 0) is 24.1 Å². The molecule has 0 unspecified atom stereocenters. The first-order valence-electron chi connectivity index (χ1n) is 6.25. The lowest BCUT2D eigenvalue weighted by Crippen LogP contribution is -2.12. The van der Waals surface area contributed by atoms with Gasteiger partial charge in [-0.3, -0.25) is 4.68 Å². The summed E-state index contributed by atoms with van der Waals surface area (Å²) in [6, 6.07) is 7.58. The topological polar surface area (TPSA) is 70.1 Å². The fourth-order valence-electron chi connectivity index (χ4n) is 1.90. The third-order valence-electron chi connectivity index (χ3n) is 2.97. The Hall–Kier alpha value is -1.82. The van der Waals surface area contributed by atoms with E-state index in [1.54, 1.807) is 7.05 Å². The molecule has 0 radical (unpaired) electrons. The van der Waals surface area contributed by atoms with Gasteiger partial charge in [-0.1, -0.05) is 35.0 Å². The number of halogens is 1. The molecule has 1 heterocycles. The van der Waals surface area contributed by atoms with E-state index in [-0.39, 0.29) is 6.61 Å². The van der Waals surface area contributed by atoms with Crippen LogP contribution in [0.2, 0.25) is 0 Å². The van der Waals surface area contributed by atoms with Crippen LogP contribution in [0.3, 0.4) is 0 Å². The van der Waals surface area contributed by atoms with Crippen molar-refractivity contribution in [3.05, 3.63) is 45.7 Å². The fourth-order valence-corrected chi connectivity index (χ4v) is 2.16. The molecule has 0 fully saturated rings. The zero-order valence-corrected chi connectivity index (χ0v) is 13.0. The van der Waals surface area contributed by atoms with E-state index in [2.05, 4.69) is 21.0 Å². The highest BCUT2D eigenvalue weighted by Crippen LogP contribution is 2.19. The van der Waals surface area contributed by atoms with Crippen LogP contribution in [0, 0.1) is 0 Å². The summed E-state index contributed by atoms with van der Waals surface area (Å²) in [4.78, 5) is 12.1. The average Bonchev–Trinajstić information content (AvgIpc) is 2.72. The normalized spacial score (nSPS) is 10.6. The second-order valence-corrected chi connectivity index (χ2v) is 5.30. The molecule has 106 valence electrons. The molecule has 0 atom stereocenters. The van der Waals surface area contributed by atoms with Crippen LogP contribution in [0.5, 0.6) is 0 Å². The number of hydrogen-bond acceptors (Lipinski definition) is 4.